The van der Waals surface area contributed by atoms with Gasteiger partial charge < -0.3 is 9.44 Å². The van der Waals surface area contributed by atoms with Gasteiger partial charge in [-0.25, -0.2) is 0 Å². The minimum Gasteiger partial charge on any atom is -0.477 e. The van der Waals surface area contributed by atoms with Crippen LogP contribution in [0.4, 0.5) is 0 Å². The standard InChI is InChI=1S/C4H4BO2/c6-5-4-2-1-3-7-4/h1-3,6H. The van der Waals surface area contributed by atoms with E-state index in [9.17, 15) is 0 Å². The maximum absolute atomic E-state index is 8.21. The molecular weight excluding hydrogens is 90.9 g/mol. The highest BCUT2D eigenvalue weighted by Crippen LogP contribution is 1.77. The number of hydrogen-bond donors (Lipinski definition) is 1. The van der Waals surface area contributed by atoms with Crippen molar-refractivity contribution in [3.05, 3.63) is 18.4 Å². The third-order valence-corrected chi connectivity index (χ3v) is 0.670. The summed E-state index contributed by atoms with van der Waals surface area (Å²) in [5, 5.41) is 8.21. The van der Waals surface area contributed by atoms with Gasteiger partial charge >= 0.3 is 7.48 Å². The van der Waals surface area contributed by atoms with Crippen LogP contribution in [-0.4, -0.2) is 12.5 Å². The van der Waals surface area contributed by atoms with Gasteiger partial charge in [-0.2, -0.15) is 0 Å². The topological polar surface area (TPSA) is 33.4 Å². The Balaban J connectivity index is 2.76. The zero-order valence-corrected chi connectivity index (χ0v) is 3.66. The molecule has 1 aromatic rings. The van der Waals surface area contributed by atoms with E-state index in [-0.39, 0.29) is 0 Å². The fourth-order valence-corrected chi connectivity index (χ4v) is 0.365. The van der Waals surface area contributed by atoms with Gasteiger partial charge in [-0.1, -0.05) is 0 Å². The second kappa shape index (κ2) is 1.84. The van der Waals surface area contributed by atoms with Crippen molar-refractivity contribution < 1.29 is 9.44 Å². The Bertz CT molecular complexity index is 124. The van der Waals surface area contributed by atoms with Gasteiger partial charge in [0.2, 0.25) is 0 Å². The molecule has 0 aliphatic carbocycles. The number of furan rings is 1. The molecule has 0 unspecified atom stereocenters. The maximum Gasteiger partial charge on any atom is 0.372 e. The second-order valence-electron chi connectivity index (χ2n) is 1.14. The summed E-state index contributed by atoms with van der Waals surface area (Å²) >= 11 is 0. The van der Waals surface area contributed by atoms with Gasteiger partial charge in [-0.15, -0.1) is 0 Å². The molecule has 0 bridgehead atoms. The molecule has 0 saturated heterocycles. The van der Waals surface area contributed by atoms with E-state index in [4.69, 9.17) is 5.02 Å². The Kier molecular flexibility index (Phi) is 1.17. The molecule has 7 heavy (non-hydrogen) atoms. The first-order chi connectivity index (χ1) is 3.43. The van der Waals surface area contributed by atoms with Gasteiger partial charge in [0.25, 0.3) is 0 Å². The Morgan fingerprint density at radius 1 is 1.71 bits per heavy atom. The van der Waals surface area contributed by atoms with Gasteiger partial charge in [0, 0.05) is 0 Å². The van der Waals surface area contributed by atoms with Crippen LogP contribution < -0.4 is 5.66 Å². The van der Waals surface area contributed by atoms with E-state index in [1.54, 1.807) is 12.1 Å². The SMILES string of the molecule is O[B]c1ccco1. The summed E-state index contributed by atoms with van der Waals surface area (Å²) in [5.41, 5.74) is 0.486. The van der Waals surface area contributed by atoms with Crippen molar-refractivity contribution in [3.8, 4) is 0 Å². The van der Waals surface area contributed by atoms with Crippen LogP contribution in [0.3, 0.4) is 0 Å². The summed E-state index contributed by atoms with van der Waals surface area (Å²) in [6.07, 6.45) is 1.50. The summed E-state index contributed by atoms with van der Waals surface area (Å²) in [5.74, 6) is 0. The zero-order valence-electron chi connectivity index (χ0n) is 3.66. The van der Waals surface area contributed by atoms with Gasteiger partial charge in [-0.3, -0.25) is 0 Å². The molecule has 1 N–H and O–H groups in total. The molecule has 35 valence electrons. The minimum absolute atomic E-state index is 0.486. The lowest BCUT2D eigenvalue weighted by atomic mass is 9.99. The predicted octanol–water partition coefficient (Wildman–Crippen LogP) is -0.484. The zero-order chi connectivity index (χ0) is 5.11. The molecule has 0 atom stereocenters. The van der Waals surface area contributed by atoms with E-state index >= 15 is 0 Å². The Morgan fingerprint density at radius 3 is 2.86 bits per heavy atom. The van der Waals surface area contributed by atoms with Crippen LogP contribution in [0, 0.1) is 0 Å². The fourth-order valence-electron chi connectivity index (χ4n) is 0.365. The molecule has 0 spiro atoms. The Labute approximate surface area is 42.0 Å². The molecule has 3 heteroatoms. The molecule has 0 saturated carbocycles. The smallest absolute Gasteiger partial charge is 0.372 e. The van der Waals surface area contributed by atoms with Crippen LogP contribution in [0.15, 0.2) is 22.8 Å². The number of rotatable bonds is 1. The second-order valence-corrected chi connectivity index (χ2v) is 1.14. The lowest BCUT2D eigenvalue weighted by molar-refractivity contribution is 0.563. The van der Waals surface area contributed by atoms with Crippen LogP contribution in [-0.2, 0) is 0 Å². The first-order valence-corrected chi connectivity index (χ1v) is 1.94. The van der Waals surface area contributed by atoms with Crippen molar-refractivity contribution in [2.75, 3.05) is 0 Å². The maximum atomic E-state index is 8.21. The quantitative estimate of drug-likeness (QED) is 0.477. The van der Waals surface area contributed by atoms with Crippen molar-refractivity contribution in [2.45, 2.75) is 0 Å². The average molecular weight is 94.9 g/mol. The molecule has 0 fully saturated rings. The van der Waals surface area contributed by atoms with E-state index in [2.05, 4.69) is 4.42 Å². The minimum atomic E-state index is 0.486. The molecule has 2 nitrogen and oxygen atoms in total. The molecule has 0 aromatic carbocycles. The Morgan fingerprint density at radius 2 is 2.57 bits per heavy atom. The highest BCUT2D eigenvalue weighted by Gasteiger charge is 1.90. The largest absolute Gasteiger partial charge is 0.477 e. The molecule has 1 aromatic heterocycles. The van der Waals surface area contributed by atoms with Crippen LogP contribution in [0.2, 0.25) is 0 Å². The third kappa shape index (κ3) is 0.840. The van der Waals surface area contributed by atoms with Gasteiger partial charge in [0.05, 0.1) is 11.9 Å². The monoisotopic (exact) mass is 95.0 g/mol. The summed E-state index contributed by atoms with van der Waals surface area (Å²) < 4.78 is 4.68. The van der Waals surface area contributed by atoms with Crippen molar-refractivity contribution in [3.63, 3.8) is 0 Å². The summed E-state index contributed by atoms with van der Waals surface area (Å²) in [6, 6.07) is 3.38. The molecule has 0 amide bonds. The summed E-state index contributed by atoms with van der Waals surface area (Å²) in [7, 11) is 0.917. The number of hydrogen-bond acceptors (Lipinski definition) is 2. The van der Waals surface area contributed by atoms with Gasteiger partial charge in [-0.05, 0) is 12.1 Å². The highest BCUT2D eigenvalue weighted by molar-refractivity contribution is 6.43. The van der Waals surface area contributed by atoms with Crippen LogP contribution in [0.1, 0.15) is 0 Å². The van der Waals surface area contributed by atoms with E-state index < -0.39 is 0 Å². The molecule has 1 radical (unpaired) electrons. The molecule has 1 rings (SSSR count). The van der Waals surface area contributed by atoms with Crippen molar-refractivity contribution in [1.29, 1.82) is 0 Å². The average Bonchev–Trinajstić information content (AvgIpc) is 2.14. The molecular formula is C4H4BO2. The summed E-state index contributed by atoms with van der Waals surface area (Å²) in [6.45, 7) is 0. The highest BCUT2D eigenvalue weighted by atomic mass is 16.3. The molecule has 0 aliphatic rings. The first kappa shape index (κ1) is 4.46. The van der Waals surface area contributed by atoms with E-state index in [1.165, 1.54) is 6.26 Å². The first-order valence-electron chi connectivity index (χ1n) is 1.94. The van der Waals surface area contributed by atoms with Crippen LogP contribution in [0.5, 0.6) is 0 Å². The fraction of sp³-hybridized carbons (Fsp3) is 0. The van der Waals surface area contributed by atoms with E-state index in [0.717, 1.165) is 7.48 Å². The normalized spacial score (nSPS) is 8.71. The lowest BCUT2D eigenvalue weighted by Crippen LogP contribution is -2.08. The third-order valence-electron chi connectivity index (χ3n) is 0.670. The lowest BCUT2D eigenvalue weighted by Gasteiger charge is -1.76. The Hall–Kier alpha value is -0.695. The predicted molar refractivity (Wildman–Crippen MR) is 26.3 cm³/mol. The van der Waals surface area contributed by atoms with Crippen LogP contribution in [0.25, 0.3) is 0 Å². The van der Waals surface area contributed by atoms with Crippen molar-refractivity contribution in [2.24, 2.45) is 0 Å². The molecule has 0 aliphatic heterocycles. The van der Waals surface area contributed by atoms with Crippen molar-refractivity contribution in [1.82, 2.24) is 0 Å². The van der Waals surface area contributed by atoms with E-state index in [1.807, 2.05) is 0 Å². The van der Waals surface area contributed by atoms with Gasteiger partial charge in [0.15, 0.2) is 0 Å². The van der Waals surface area contributed by atoms with Crippen molar-refractivity contribution >= 4 is 13.1 Å². The van der Waals surface area contributed by atoms with Gasteiger partial charge in [0.1, 0.15) is 0 Å². The van der Waals surface area contributed by atoms with E-state index in [0.29, 0.717) is 5.66 Å². The summed E-state index contributed by atoms with van der Waals surface area (Å²) in [4.78, 5) is 0. The molecule has 1 heterocycles. The van der Waals surface area contributed by atoms with Crippen LogP contribution >= 0.6 is 0 Å².